The third-order valence-electron chi connectivity index (χ3n) is 7.03. The van der Waals surface area contributed by atoms with Gasteiger partial charge in [-0.2, -0.15) is 4.98 Å². The molecule has 4 unspecified atom stereocenters. The van der Waals surface area contributed by atoms with Gasteiger partial charge in [0.25, 0.3) is 0 Å². The molecule has 0 saturated carbocycles. The number of aromatic nitrogens is 3. The molecule has 196 valence electrons. The molecule has 2 aromatic carbocycles. The first-order valence-corrected chi connectivity index (χ1v) is 12.9. The zero-order valence-corrected chi connectivity index (χ0v) is 21.8. The van der Waals surface area contributed by atoms with Gasteiger partial charge in [-0.25, -0.2) is 4.98 Å². The highest BCUT2D eigenvalue weighted by Gasteiger charge is 2.54. The standard InChI is InChI=1S/C30H32N4O4/c1-30(2)37-27-23(15-14-20-10-6-4-7-11-20)33-25(28(27)38-30)22-16-34(19-36-17-21-12-8-5-9-13-21)26-24(22)31-18-32-29(26)35-3/h4-16,18,23,25,27-28,33H,17,19H2,1-3H3/b15-14+. The van der Waals surface area contributed by atoms with Crippen LogP contribution in [0.1, 0.15) is 36.6 Å². The SMILES string of the molecule is COc1ncnc2c(C3NC(/C=C/c4ccccc4)C4OC(C)(C)OC34)cn(COCc3ccccc3)c12. The molecule has 8 nitrogen and oxygen atoms in total. The second kappa shape index (κ2) is 10.3. The maximum absolute atomic E-state index is 6.44. The third-order valence-corrected chi connectivity index (χ3v) is 7.03. The van der Waals surface area contributed by atoms with Gasteiger partial charge in [0.1, 0.15) is 36.3 Å². The molecule has 2 saturated heterocycles. The molecular formula is C30H32N4O4. The van der Waals surface area contributed by atoms with Gasteiger partial charge in [-0.15, -0.1) is 0 Å². The van der Waals surface area contributed by atoms with E-state index in [4.69, 9.17) is 18.9 Å². The van der Waals surface area contributed by atoms with Crippen molar-refractivity contribution in [2.45, 2.75) is 57.3 Å². The van der Waals surface area contributed by atoms with Gasteiger partial charge in [-0.3, -0.25) is 5.32 Å². The Hall–Kier alpha value is -3.56. The van der Waals surface area contributed by atoms with Gasteiger partial charge in [0, 0.05) is 11.8 Å². The summed E-state index contributed by atoms with van der Waals surface area (Å²) in [7, 11) is 1.62. The van der Waals surface area contributed by atoms with Crippen LogP contribution in [0.15, 0.2) is 79.3 Å². The normalized spacial score (nSPS) is 24.3. The molecule has 0 radical (unpaired) electrons. The van der Waals surface area contributed by atoms with Crippen LogP contribution in [-0.2, 0) is 27.5 Å². The second-order valence-corrected chi connectivity index (χ2v) is 10.1. The van der Waals surface area contributed by atoms with Gasteiger partial charge in [-0.1, -0.05) is 72.8 Å². The van der Waals surface area contributed by atoms with Gasteiger partial charge in [0.15, 0.2) is 5.79 Å². The second-order valence-electron chi connectivity index (χ2n) is 10.1. The highest BCUT2D eigenvalue weighted by atomic mass is 16.8. The highest BCUT2D eigenvalue weighted by Crippen LogP contribution is 2.44. The molecule has 0 bridgehead atoms. The summed E-state index contributed by atoms with van der Waals surface area (Å²) in [5.41, 5.74) is 4.84. The van der Waals surface area contributed by atoms with Crippen molar-refractivity contribution in [3.8, 4) is 5.88 Å². The zero-order chi connectivity index (χ0) is 26.1. The number of nitrogens with zero attached hydrogens (tertiary/aromatic N) is 3. The van der Waals surface area contributed by atoms with Crippen molar-refractivity contribution in [1.29, 1.82) is 0 Å². The Kier molecular flexibility index (Phi) is 6.71. The van der Waals surface area contributed by atoms with Gasteiger partial charge in [-0.05, 0) is 25.0 Å². The molecule has 2 fully saturated rings. The summed E-state index contributed by atoms with van der Waals surface area (Å²) >= 11 is 0. The lowest BCUT2D eigenvalue weighted by molar-refractivity contribution is -0.155. The maximum atomic E-state index is 6.44. The number of nitrogens with one attached hydrogen (secondary N) is 1. The lowest BCUT2D eigenvalue weighted by Gasteiger charge is -2.23. The molecule has 4 heterocycles. The fourth-order valence-corrected chi connectivity index (χ4v) is 5.40. The number of fused-ring (bicyclic) bond motifs is 2. The number of ether oxygens (including phenoxy) is 4. The van der Waals surface area contributed by atoms with E-state index in [9.17, 15) is 0 Å². The molecule has 0 aliphatic carbocycles. The fraction of sp³-hybridized carbons (Fsp3) is 0.333. The van der Waals surface area contributed by atoms with Crippen LogP contribution in [0.5, 0.6) is 5.88 Å². The van der Waals surface area contributed by atoms with E-state index in [1.54, 1.807) is 7.11 Å². The number of hydrogen-bond acceptors (Lipinski definition) is 7. The molecular weight excluding hydrogens is 480 g/mol. The molecule has 0 amide bonds. The number of benzene rings is 2. The lowest BCUT2D eigenvalue weighted by Crippen LogP contribution is -2.34. The highest BCUT2D eigenvalue weighted by molar-refractivity contribution is 5.84. The predicted octanol–water partition coefficient (Wildman–Crippen LogP) is 4.86. The quantitative estimate of drug-likeness (QED) is 0.361. The molecule has 1 N–H and O–H groups in total. The van der Waals surface area contributed by atoms with Gasteiger partial charge < -0.3 is 23.5 Å². The molecule has 38 heavy (non-hydrogen) atoms. The minimum absolute atomic E-state index is 0.0385. The van der Waals surface area contributed by atoms with E-state index in [0.29, 0.717) is 19.2 Å². The van der Waals surface area contributed by atoms with Crippen LogP contribution >= 0.6 is 0 Å². The Morgan fingerprint density at radius 3 is 2.50 bits per heavy atom. The molecule has 2 aliphatic heterocycles. The minimum Gasteiger partial charge on any atom is -0.479 e. The van der Waals surface area contributed by atoms with Crippen molar-refractivity contribution in [2.75, 3.05) is 7.11 Å². The Labute approximate surface area is 222 Å². The summed E-state index contributed by atoms with van der Waals surface area (Å²) in [6.07, 6.45) is 7.55. The van der Waals surface area contributed by atoms with Crippen LogP contribution in [0.25, 0.3) is 17.1 Å². The van der Waals surface area contributed by atoms with E-state index in [1.807, 2.05) is 66.9 Å². The Morgan fingerprint density at radius 1 is 1.00 bits per heavy atom. The Bertz CT molecular complexity index is 1420. The van der Waals surface area contributed by atoms with Crippen molar-refractivity contribution in [3.63, 3.8) is 0 Å². The number of methoxy groups -OCH3 is 1. The van der Waals surface area contributed by atoms with Crippen LogP contribution in [0.4, 0.5) is 0 Å². The topological polar surface area (TPSA) is 79.7 Å². The predicted molar refractivity (Wildman–Crippen MR) is 144 cm³/mol. The first kappa shape index (κ1) is 24.8. The van der Waals surface area contributed by atoms with Gasteiger partial charge in [0.05, 0.1) is 25.8 Å². The molecule has 6 rings (SSSR count). The minimum atomic E-state index is -0.682. The van der Waals surface area contributed by atoms with E-state index < -0.39 is 5.79 Å². The zero-order valence-electron chi connectivity index (χ0n) is 21.8. The largest absolute Gasteiger partial charge is 0.479 e. The molecule has 4 atom stereocenters. The van der Waals surface area contributed by atoms with Gasteiger partial charge in [0.2, 0.25) is 5.88 Å². The smallest absolute Gasteiger partial charge is 0.241 e. The third kappa shape index (κ3) is 4.83. The van der Waals surface area contributed by atoms with Crippen LogP contribution in [0, 0.1) is 0 Å². The van der Waals surface area contributed by atoms with E-state index in [-0.39, 0.29) is 24.3 Å². The van der Waals surface area contributed by atoms with Crippen LogP contribution < -0.4 is 10.1 Å². The van der Waals surface area contributed by atoms with Crippen molar-refractivity contribution in [2.24, 2.45) is 0 Å². The van der Waals surface area contributed by atoms with E-state index in [2.05, 4.69) is 45.8 Å². The Morgan fingerprint density at radius 2 is 1.74 bits per heavy atom. The summed E-state index contributed by atoms with van der Waals surface area (Å²) in [5, 5.41) is 3.75. The van der Waals surface area contributed by atoms with E-state index >= 15 is 0 Å². The molecule has 8 heteroatoms. The Balaban J connectivity index is 1.33. The lowest BCUT2D eigenvalue weighted by atomic mass is 10.0. The summed E-state index contributed by atoms with van der Waals surface area (Å²) in [6.45, 7) is 4.75. The molecule has 2 aromatic heterocycles. The fourth-order valence-electron chi connectivity index (χ4n) is 5.40. The van der Waals surface area contributed by atoms with Crippen molar-refractivity contribution in [1.82, 2.24) is 19.9 Å². The van der Waals surface area contributed by atoms with E-state index in [0.717, 1.165) is 27.7 Å². The summed E-state index contributed by atoms with van der Waals surface area (Å²) in [4.78, 5) is 9.03. The van der Waals surface area contributed by atoms with Crippen molar-refractivity contribution < 1.29 is 18.9 Å². The van der Waals surface area contributed by atoms with Crippen LogP contribution in [0.3, 0.4) is 0 Å². The van der Waals surface area contributed by atoms with Crippen LogP contribution in [-0.4, -0.2) is 45.7 Å². The van der Waals surface area contributed by atoms with Crippen LogP contribution in [0.2, 0.25) is 0 Å². The summed E-state index contributed by atoms with van der Waals surface area (Å²) in [6, 6.07) is 20.2. The average molecular weight is 513 g/mol. The summed E-state index contributed by atoms with van der Waals surface area (Å²) in [5.74, 6) is -0.179. The first-order valence-electron chi connectivity index (χ1n) is 12.9. The maximum Gasteiger partial charge on any atom is 0.241 e. The molecule has 2 aliphatic rings. The summed E-state index contributed by atoms with van der Waals surface area (Å²) < 4.78 is 26.5. The molecule has 0 spiro atoms. The number of hydrogen-bond donors (Lipinski definition) is 1. The molecule has 4 aromatic rings. The average Bonchev–Trinajstić information content (AvgIpc) is 3.57. The van der Waals surface area contributed by atoms with Crippen molar-refractivity contribution in [3.05, 3.63) is 96.0 Å². The monoisotopic (exact) mass is 512 g/mol. The first-order chi connectivity index (χ1) is 18.5. The van der Waals surface area contributed by atoms with Crippen molar-refractivity contribution >= 4 is 17.1 Å². The van der Waals surface area contributed by atoms with E-state index in [1.165, 1.54) is 6.33 Å². The number of rotatable bonds is 8. The van der Waals surface area contributed by atoms with Gasteiger partial charge >= 0.3 is 0 Å².